The quantitative estimate of drug-likeness (QED) is 0.480. The van der Waals surface area contributed by atoms with Gasteiger partial charge in [0.25, 0.3) is 5.91 Å². The second kappa shape index (κ2) is 12.3. The molecule has 2 fully saturated rings. The Morgan fingerprint density at radius 1 is 0.973 bits per heavy atom. The fourth-order valence-corrected chi connectivity index (χ4v) is 6.13. The number of thioether (sulfide) groups is 1. The topological polar surface area (TPSA) is 95.1 Å². The Bertz CT molecular complexity index is 1170. The van der Waals surface area contributed by atoms with Crippen LogP contribution < -0.4 is 29.6 Å². The lowest BCUT2D eigenvalue weighted by molar-refractivity contribution is -0.127. The van der Waals surface area contributed by atoms with E-state index in [0.717, 1.165) is 24.0 Å². The van der Waals surface area contributed by atoms with E-state index in [4.69, 9.17) is 18.9 Å². The SMILES string of the molecule is COc1ccc(/C=C2/SC3CCC(C(=O)NCCc4ccc(OC)c(OC)c4)CC3NC2=O)cc1OC. The van der Waals surface area contributed by atoms with Crippen LogP contribution in [0.3, 0.4) is 0 Å². The van der Waals surface area contributed by atoms with Crippen molar-refractivity contribution in [1.82, 2.24) is 10.6 Å². The van der Waals surface area contributed by atoms with E-state index in [-0.39, 0.29) is 29.0 Å². The van der Waals surface area contributed by atoms with Gasteiger partial charge >= 0.3 is 0 Å². The smallest absolute Gasteiger partial charge is 0.257 e. The molecule has 9 heteroatoms. The minimum absolute atomic E-state index is 0.0181. The first-order valence-electron chi connectivity index (χ1n) is 12.4. The van der Waals surface area contributed by atoms with Gasteiger partial charge in [-0.1, -0.05) is 12.1 Å². The number of amides is 2. The predicted molar refractivity (Wildman–Crippen MR) is 144 cm³/mol. The second-order valence-electron chi connectivity index (χ2n) is 9.10. The minimum atomic E-state index is -0.107. The van der Waals surface area contributed by atoms with Gasteiger partial charge in [-0.05, 0) is 67.2 Å². The molecule has 2 aliphatic rings. The Morgan fingerprint density at radius 3 is 2.35 bits per heavy atom. The van der Waals surface area contributed by atoms with Gasteiger partial charge in [-0.15, -0.1) is 11.8 Å². The molecule has 1 saturated carbocycles. The molecule has 3 atom stereocenters. The summed E-state index contributed by atoms with van der Waals surface area (Å²) < 4.78 is 21.3. The van der Waals surface area contributed by atoms with Gasteiger partial charge in [-0.3, -0.25) is 9.59 Å². The summed E-state index contributed by atoms with van der Waals surface area (Å²) in [6.45, 7) is 0.540. The highest BCUT2D eigenvalue weighted by molar-refractivity contribution is 8.04. The van der Waals surface area contributed by atoms with Crippen LogP contribution in [0.25, 0.3) is 6.08 Å². The first-order valence-corrected chi connectivity index (χ1v) is 13.2. The molecule has 2 N–H and O–H groups in total. The molecule has 1 aliphatic carbocycles. The fraction of sp³-hybridized carbons (Fsp3) is 0.429. The van der Waals surface area contributed by atoms with Crippen molar-refractivity contribution in [2.75, 3.05) is 35.0 Å². The van der Waals surface area contributed by atoms with Gasteiger partial charge < -0.3 is 29.6 Å². The summed E-state index contributed by atoms with van der Waals surface area (Å²) in [5, 5.41) is 6.46. The summed E-state index contributed by atoms with van der Waals surface area (Å²) in [5.74, 6) is 2.46. The lowest BCUT2D eigenvalue weighted by Gasteiger charge is -2.39. The third-order valence-electron chi connectivity index (χ3n) is 6.84. The predicted octanol–water partition coefficient (Wildman–Crippen LogP) is 3.82. The summed E-state index contributed by atoms with van der Waals surface area (Å²) in [6, 6.07) is 11.3. The number of methoxy groups -OCH3 is 4. The van der Waals surface area contributed by atoms with Crippen LogP contribution in [0.15, 0.2) is 41.3 Å². The Hall–Kier alpha value is -3.33. The van der Waals surface area contributed by atoms with Crippen molar-refractivity contribution in [3.05, 3.63) is 52.4 Å². The number of hydrogen-bond donors (Lipinski definition) is 2. The van der Waals surface area contributed by atoms with Crippen molar-refractivity contribution < 1.29 is 28.5 Å². The van der Waals surface area contributed by atoms with Crippen LogP contribution >= 0.6 is 11.8 Å². The average molecular weight is 527 g/mol. The molecule has 0 radical (unpaired) electrons. The molecule has 3 unspecified atom stereocenters. The maximum absolute atomic E-state index is 12.9. The molecule has 1 saturated heterocycles. The van der Waals surface area contributed by atoms with Gasteiger partial charge in [0.1, 0.15) is 0 Å². The maximum atomic E-state index is 12.9. The van der Waals surface area contributed by atoms with Crippen LogP contribution in [0.4, 0.5) is 0 Å². The van der Waals surface area contributed by atoms with E-state index in [0.29, 0.717) is 47.3 Å². The molecule has 0 bridgehead atoms. The molecule has 0 aromatic heterocycles. The zero-order chi connectivity index (χ0) is 26.4. The van der Waals surface area contributed by atoms with Crippen LogP contribution in [0.2, 0.25) is 0 Å². The van der Waals surface area contributed by atoms with Gasteiger partial charge in [0, 0.05) is 23.8 Å². The molecule has 0 spiro atoms. The normalized spacial score (nSPS) is 22.0. The number of nitrogens with one attached hydrogen (secondary N) is 2. The van der Waals surface area contributed by atoms with E-state index in [9.17, 15) is 9.59 Å². The summed E-state index contributed by atoms with van der Waals surface area (Å²) in [4.78, 5) is 26.4. The largest absolute Gasteiger partial charge is 0.493 e. The Labute approximate surface area is 222 Å². The van der Waals surface area contributed by atoms with Crippen LogP contribution in [0.1, 0.15) is 30.4 Å². The van der Waals surface area contributed by atoms with E-state index >= 15 is 0 Å². The number of hydrogen-bond acceptors (Lipinski definition) is 7. The third-order valence-corrected chi connectivity index (χ3v) is 8.27. The molecule has 8 nitrogen and oxygen atoms in total. The number of ether oxygens (including phenoxy) is 4. The number of benzene rings is 2. The van der Waals surface area contributed by atoms with Gasteiger partial charge in [-0.25, -0.2) is 0 Å². The molecule has 2 aromatic rings. The molecule has 198 valence electrons. The molecular formula is C28H34N2O6S. The van der Waals surface area contributed by atoms with Crippen LogP contribution in [0.5, 0.6) is 23.0 Å². The average Bonchev–Trinajstić information content (AvgIpc) is 2.92. The van der Waals surface area contributed by atoms with E-state index in [1.807, 2.05) is 42.5 Å². The molecule has 2 amide bonds. The summed E-state index contributed by atoms with van der Waals surface area (Å²) in [7, 11) is 6.40. The van der Waals surface area contributed by atoms with Gasteiger partial charge in [0.05, 0.1) is 33.3 Å². The number of fused-ring (bicyclic) bond motifs is 1. The van der Waals surface area contributed by atoms with E-state index < -0.39 is 0 Å². The zero-order valence-corrected chi connectivity index (χ0v) is 22.5. The Balaban J connectivity index is 1.30. The first kappa shape index (κ1) is 26.7. The van der Waals surface area contributed by atoms with Crippen molar-refractivity contribution >= 4 is 29.7 Å². The highest BCUT2D eigenvalue weighted by atomic mass is 32.2. The van der Waals surface area contributed by atoms with Crippen molar-refractivity contribution in [1.29, 1.82) is 0 Å². The molecule has 2 aromatic carbocycles. The minimum Gasteiger partial charge on any atom is -0.493 e. The fourth-order valence-electron chi connectivity index (χ4n) is 4.83. The molecule has 1 aliphatic heterocycles. The Kier molecular flexibility index (Phi) is 8.87. The van der Waals surface area contributed by atoms with E-state index in [2.05, 4.69) is 10.6 Å². The van der Waals surface area contributed by atoms with Gasteiger partial charge in [0.2, 0.25) is 5.91 Å². The van der Waals surface area contributed by atoms with Gasteiger partial charge in [0.15, 0.2) is 23.0 Å². The number of carbonyl (C=O) groups excluding carboxylic acids is 2. The van der Waals surface area contributed by atoms with Gasteiger partial charge in [-0.2, -0.15) is 0 Å². The monoisotopic (exact) mass is 526 g/mol. The molecule has 4 rings (SSSR count). The van der Waals surface area contributed by atoms with Crippen LogP contribution in [-0.4, -0.2) is 58.1 Å². The molecular weight excluding hydrogens is 492 g/mol. The van der Waals surface area contributed by atoms with Crippen molar-refractivity contribution in [3.63, 3.8) is 0 Å². The van der Waals surface area contributed by atoms with Crippen LogP contribution in [0, 0.1) is 5.92 Å². The second-order valence-corrected chi connectivity index (χ2v) is 10.4. The van der Waals surface area contributed by atoms with Crippen molar-refractivity contribution in [2.45, 2.75) is 37.0 Å². The molecule has 37 heavy (non-hydrogen) atoms. The van der Waals surface area contributed by atoms with Crippen LogP contribution in [-0.2, 0) is 16.0 Å². The highest BCUT2D eigenvalue weighted by Crippen LogP contribution is 2.40. The first-order chi connectivity index (χ1) is 17.9. The number of carbonyl (C=O) groups is 2. The highest BCUT2D eigenvalue weighted by Gasteiger charge is 2.39. The lowest BCUT2D eigenvalue weighted by Crippen LogP contribution is -2.51. The van der Waals surface area contributed by atoms with E-state index in [1.165, 1.54) is 0 Å². The van der Waals surface area contributed by atoms with Crippen molar-refractivity contribution in [2.24, 2.45) is 5.92 Å². The third kappa shape index (κ3) is 6.33. The number of rotatable bonds is 9. The summed E-state index contributed by atoms with van der Waals surface area (Å²) in [6.07, 6.45) is 4.89. The molecule has 1 heterocycles. The summed E-state index contributed by atoms with van der Waals surface area (Å²) in [5.41, 5.74) is 1.93. The standard InChI is InChI=1S/C28H34N2O6S/c1-33-21-8-5-17(13-23(21)35-3)11-12-29-27(31)19-7-10-25-20(16-19)30-28(32)26(37-25)15-18-6-9-22(34-2)24(14-18)36-4/h5-6,8-9,13-15,19-20,25H,7,10-12,16H2,1-4H3,(H,29,31)(H,30,32)/b26-15+. The van der Waals surface area contributed by atoms with Crippen molar-refractivity contribution in [3.8, 4) is 23.0 Å². The summed E-state index contributed by atoms with van der Waals surface area (Å²) >= 11 is 1.60. The zero-order valence-electron chi connectivity index (χ0n) is 21.7. The maximum Gasteiger partial charge on any atom is 0.257 e. The Morgan fingerprint density at radius 2 is 1.65 bits per heavy atom. The lowest BCUT2D eigenvalue weighted by atomic mass is 9.84. The van der Waals surface area contributed by atoms with E-state index in [1.54, 1.807) is 40.2 Å².